The Morgan fingerprint density at radius 1 is 1.35 bits per heavy atom. The van der Waals surface area contributed by atoms with E-state index >= 15 is 0 Å². The van der Waals surface area contributed by atoms with Gasteiger partial charge in [0.05, 0.1) is 5.02 Å². The summed E-state index contributed by atoms with van der Waals surface area (Å²) in [6.07, 6.45) is 2.11. The molecular weight excluding hydrogens is 237 g/mol. The molecule has 0 saturated carbocycles. The molecule has 1 unspecified atom stereocenters. The van der Waals surface area contributed by atoms with Gasteiger partial charge in [-0.15, -0.1) is 0 Å². The Balaban J connectivity index is 2.67. The largest absolute Gasteiger partial charge is 0.319 e. The van der Waals surface area contributed by atoms with E-state index in [2.05, 4.69) is 19.2 Å². The lowest BCUT2D eigenvalue weighted by Crippen LogP contribution is -2.22. The van der Waals surface area contributed by atoms with Crippen LogP contribution in [0.3, 0.4) is 0 Å². The van der Waals surface area contributed by atoms with Crippen LogP contribution in [0.2, 0.25) is 5.02 Å². The van der Waals surface area contributed by atoms with Crippen molar-refractivity contribution < 1.29 is 4.39 Å². The fourth-order valence-corrected chi connectivity index (χ4v) is 2.40. The minimum atomic E-state index is -0.343. The molecule has 0 amide bonds. The van der Waals surface area contributed by atoms with Crippen LogP contribution in [-0.2, 0) is 6.42 Å². The second-order valence-electron chi connectivity index (χ2n) is 5.01. The summed E-state index contributed by atoms with van der Waals surface area (Å²) in [6, 6.07) is 5.01. The van der Waals surface area contributed by atoms with Gasteiger partial charge in [0.15, 0.2) is 0 Å². The van der Waals surface area contributed by atoms with Gasteiger partial charge in [-0.3, -0.25) is 0 Å². The summed E-state index contributed by atoms with van der Waals surface area (Å²) in [5.74, 6) is 0.898. The average molecular weight is 258 g/mol. The molecule has 1 rings (SSSR count). The Kier molecular flexibility index (Phi) is 5.93. The maximum atomic E-state index is 13.1. The van der Waals surface area contributed by atoms with Gasteiger partial charge in [-0.05, 0) is 56.0 Å². The molecule has 0 aliphatic carbocycles. The van der Waals surface area contributed by atoms with Gasteiger partial charge < -0.3 is 5.32 Å². The smallest absolute Gasteiger partial charge is 0.141 e. The van der Waals surface area contributed by atoms with Crippen LogP contribution in [0.1, 0.15) is 25.8 Å². The summed E-state index contributed by atoms with van der Waals surface area (Å²) in [5.41, 5.74) is 1.11. The maximum Gasteiger partial charge on any atom is 0.141 e. The number of nitrogens with one attached hydrogen (secondary N) is 1. The monoisotopic (exact) mass is 257 g/mol. The summed E-state index contributed by atoms with van der Waals surface area (Å²) in [5, 5.41) is 3.43. The molecule has 0 saturated heterocycles. The van der Waals surface area contributed by atoms with Crippen molar-refractivity contribution in [1.82, 2.24) is 5.32 Å². The first-order valence-corrected chi connectivity index (χ1v) is 6.49. The Morgan fingerprint density at radius 2 is 2.06 bits per heavy atom. The lowest BCUT2D eigenvalue weighted by molar-refractivity contribution is 0.395. The third kappa shape index (κ3) is 5.05. The van der Waals surface area contributed by atoms with Crippen LogP contribution in [0, 0.1) is 17.7 Å². The molecule has 0 radical (unpaired) electrons. The summed E-state index contributed by atoms with van der Waals surface area (Å²) in [4.78, 5) is 0. The van der Waals surface area contributed by atoms with Crippen LogP contribution in [0.5, 0.6) is 0 Å². The van der Waals surface area contributed by atoms with Gasteiger partial charge in [0.2, 0.25) is 0 Å². The first kappa shape index (κ1) is 14.5. The first-order valence-electron chi connectivity index (χ1n) is 6.11. The molecule has 0 aliphatic heterocycles. The van der Waals surface area contributed by atoms with Gasteiger partial charge >= 0.3 is 0 Å². The third-order valence-corrected chi connectivity index (χ3v) is 3.10. The zero-order valence-electron chi connectivity index (χ0n) is 10.8. The number of hydrogen-bond acceptors (Lipinski definition) is 1. The van der Waals surface area contributed by atoms with Crippen LogP contribution in [0.25, 0.3) is 0 Å². The SMILES string of the molecule is CNCC(Cc1ccc(F)c(Cl)c1)CC(C)C. The summed E-state index contributed by atoms with van der Waals surface area (Å²) < 4.78 is 13.1. The van der Waals surface area contributed by atoms with E-state index in [0.717, 1.165) is 24.9 Å². The Hall–Kier alpha value is -0.600. The molecule has 3 heteroatoms. The predicted molar refractivity (Wildman–Crippen MR) is 72.0 cm³/mol. The summed E-state index contributed by atoms with van der Waals surface area (Å²) in [7, 11) is 1.96. The molecule has 0 bridgehead atoms. The second kappa shape index (κ2) is 6.97. The van der Waals surface area contributed by atoms with E-state index < -0.39 is 0 Å². The molecule has 0 aromatic heterocycles. The molecular formula is C14H21ClFN. The molecule has 0 spiro atoms. The first-order chi connectivity index (χ1) is 8.02. The van der Waals surface area contributed by atoms with Crippen molar-refractivity contribution in [1.29, 1.82) is 0 Å². The Morgan fingerprint density at radius 3 is 2.59 bits per heavy atom. The molecule has 1 atom stereocenters. The van der Waals surface area contributed by atoms with E-state index in [9.17, 15) is 4.39 Å². The molecule has 1 aromatic carbocycles. The normalized spacial score (nSPS) is 13.1. The minimum absolute atomic E-state index is 0.218. The average Bonchev–Trinajstić information content (AvgIpc) is 2.23. The quantitative estimate of drug-likeness (QED) is 0.815. The van der Waals surface area contributed by atoms with Gasteiger partial charge in [0.25, 0.3) is 0 Å². The van der Waals surface area contributed by atoms with Crippen molar-refractivity contribution >= 4 is 11.6 Å². The summed E-state index contributed by atoms with van der Waals surface area (Å²) in [6.45, 7) is 5.42. The lowest BCUT2D eigenvalue weighted by Gasteiger charge is -2.19. The zero-order chi connectivity index (χ0) is 12.8. The lowest BCUT2D eigenvalue weighted by atomic mass is 9.91. The van der Waals surface area contributed by atoms with Crippen molar-refractivity contribution in [3.05, 3.63) is 34.6 Å². The van der Waals surface area contributed by atoms with Gasteiger partial charge in [0, 0.05) is 0 Å². The highest BCUT2D eigenvalue weighted by Gasteiger charge is 2.12. The third-order valence-electron chi connectivity index (χ3n) is 2.81. The van der Waals surface area contributed by atoms with E-state index in [0.29, 0.717) is 11.8 Å². The highest BCUT2D eigenvalue weighted by Crippen LogP contribution is 2.21. The van der Waals surface area contributed by atoms with E-state index in [1.54, 1.807) is 6.07 Å². The van der Waals surface area contributed by atoms with Crippen molar-refractivity contribution in [2.45, 2.75) is 26.7 Å². The molecule has 96 valence electrons. The maximum absolute atomic E-state index is 13.1. The van der Waals surface area contributed by atoms with Gasteiger partial charge in [-0.2, -0.15) is 0 Å². The van der Waals surface area contributed by atoms with Crippen LogP contribution in [0.4, 0.5) is 4.39 Å². The van der Waals surface area contributed by atoms with Crippen LogP contribution in [0.15, 0.2) is 18.2 Å². The fourth-order valence-electron chi connectivity index (χ4n) is 2.19. The topological polar surface area (TPSA) is 12.0 Å². The Labute approximate surface area is 108 Å². The summed E-state index contributed by atoms with van der Waals surface area (Å²) >= 11 is 5.79. The van der Waals surface area contributed by atoms with E-state index in [4.69, 9.17) is 11.6 Å². The van der Waals surface area contributed by atoms with E-state index in [1.807, 2.05) is 13.1 Å². The van der Waals surface area contributed by atoms with Crippen molar-refractivity contribution in [3.63, 3.8) is 0 Å². The van der Waals surface area contributed by atoms with Gasteiger partial charge in [-0.1, -0.05) is 31.5 Å². The van der Waals surface area contributed by atoms with Crippen LogP contribution < -0.4 is 5.32 Å². The highest BCUT2D eigenvalue weighted by atomic mass is 35.5. The minimum Gasteiger partial charge on any atom is -0.319 e. The van der Waals surface area contributed by atoms with Crippen molar-refractivity contribution in [2.75, 3.05) is 13.6 Å². The predicted octanol–water partition coefficient (Wildman–Crippen LogP) is 3.90. The van der Waals surface area contributed by atoms with Crippen LogP contribution >= 0.6 is 11.6 Å². The zero-order valence-corrected chi connectivity index (χ0v) is 11.5. The molecule has 0 fully saturated rings. The van der Waals surface area contributed by atoms with Gasteiger partial charge in [0.1, 0.15) is 5.82 Å². The number of hydrogen-bond donors (Lipinski definition) is 1. The van der Waals surface area contributed by atoms with Gasteiger partial charge in [-0.25, -0.2) is 4.39 Å². The number of benzene rings is 1. The molecule has 17 heavy (non-hydrogen) atoms. The molecule has 1 aromatic rings. The molecule has 0 heterocycles. The number of halogens is 2. The Bertz CT molecular complexity index is 352. The number of rotatable bonds is 6. The van der Waals surface area contributed by atoms with E-state index in [-0.39, 0.29) is 10.8 Å². The van der Waals surface area contributed by atoms with E-state index in [1.165, 1.54) is 6.07 Å². The molecule has 0 aliphatic rings. The molecule has 1 N–H and O–H groups in total. The molecule has 1 nitrogen and oxygen atoms in total. The standard InChI is InChI=1S/C14H21ClFN/c1-10(2)6-12(9-17-3)7-11-4-5-14(16)13(15)8-11/h4-5,8,10,12,17H,6-7,9H2,1-3H3. The van der Waals surface area contributed by atoms with Crippen LogP contribution in [-0.4, -0.2) is 13.6 Å². The highest BCUT2D eigenvalue weighted by molar-refractivity contribution is 6.30. The van der Waals surface area contributed by atoms with Crippen molar-refractivity contribution in [3.8, 4) is 0 Å². The second-order valence-corrected chi connectivity index (χ2v) is 5.41. The van der Waals surface area contributed by atoms with Crippen molar-refractivity contribution in [2.24, 2.45) is 11.8 Å². The fraction of sp³-hybridized carbons (Fsp3) is 0.571.